The second-order valence-corrected chi connectivity index (χ2v) is 6.21. The van der Waals surface area contributed by atoms with E-state index < -0.39 is 0 Å². The average molecular weight is 290 g/mol. The van der Waals surface area contributed by atoms with E-state index in [1.165, 1.54) is 55.5 Å². The minimum Gasteiger partial charge on any atom is -0.312 e. The highest BCUT2D eigenvalue weighted by Crippen LogP contribution is 2.20. The van der Waals surface area contributed by atoms with Crippen LogP contribution in [0.25, 0.3) is 0 Å². The summed E-state index contributed by atoms with van der Waals surface area (Å²) in [5.74, 6) is 0. The molecule has 0 bridgehead atoms. The van der Waals surface area contributed by atoms with Crippen LogP contribution in [-0.4, -0.2) is 31.6 Å². The van der Waals surface area contributed by atoms with E-state index in [9.17, 15) is 0 Å². The van der Waals surface area contributed by atoms with Crippen molar-refractivity contribution < 1.29 is 0 Å². The predicted molar refractivity (Wildman–Crippen MR) is 94.0 cm³/mol. The number of aryl methyl sites for hydroxylation is 2. The summed E-state index contributed by atoms with van der Waals surface area (Å²) in [6, 6.07) is 7.25. The Hall–Kier alpha value is -0.860. The molecule has 2 nitrogen and oxygen atoms in total. The summed E-state index contributed by atoms with van der Waals surface area (Å²) < 4.78 is 0. The van der Waals surface area contributed by atoms with Crippen LogP contribution >= 0.6 is 0 Å². The van der Waals surface area contributed by atoms with Gasteiger partial charge < -0.3 is 10.2 Å². The van der Waals surface area contributed by atoms with E-state index in [4.69, 9.17) is 0 Å². The number of hydrogen-bond acceptors (Lipinski definition) is 2. The first-order chi connectivity index (χ1) is 10.1. The summed E-state index contributed by atoms with van der Waals surface area (Å²) in [7, 11) is 2.09. The van der Waals surface area contributed by atoms with Crippen molar-refractivity contribution in [3.05, 3.63) is 34.9 Å². The molecule has 21 heavy (non-hydrogen) atoms. The molecule has 1 unspecified atom stereocenters. The number of unbranched alkanes of at least 4 members (excludes halogenated alkanes) is 2. The zero-order valence-corrected chi connectivity index (χ0v) is 14.7. The summed E-state index contributed by atoms with van der Waals surface area (Å²) in [5, 5.41) is 3.52. The number of likely N-dealkylation sites (N-methyl/N-ethyl adjacent to an activating group) is 1. The van der Waals surface area contributed by atoms with Crippen LogP contribution in [-0.2, 0) is 0 Å². The molecule has 120 valence electrons. The molecule has 0 spiro atoms. The van der Waals surface area contributed by atoms with Crippen LogP contribution in [0, 0.1) is 13.8 Å². The fourth-order valence-electron chi connectivity index (χ4n) is 2.88. The third-order valence-corrected chi connectivity index (χ3v) is 4.25. The van der Waals surface area contributed by atoms with E-state index in [1.807, 2.05) is 0 Å². The Bertz CT molecular complexity index is 393. The maximum atomic E-state index is 3.52. The van der Waals surface area contributed by atoms with Gasteiger partial charge in [-0.3, -0.25) is 0 Å². The molecular weight excluding hydrogens is 256 g/mol. The van der Waals surface area contributed by atoms with Crippen LogP contribution in [0.4, 0.5) is 0 Å². The number of benzene rings is 1. The summed E-state index contributed by atoms with van der Waals surface area (Å²) >= 11 is 0. The largest absolute Gasteiger partial charge is 0.312 e. The SMILES string of the molecule is CCCCN(CCCC)CC(NC)c1ccc(C)cc1C. The van der Waals surface area contributed by atoms with Crippen LogP contribution in [0.1, 0.15) is 62.3 Å². The molecule has 1 aromatic rings. The molecule has 0 aliphatic carbocycles. The standard InChI is InChI=1S/C19H34N2/c1-6-8-12-21(13-9-7-2)15-19(20-5)18-11-10-16(3)14-17(18)4/h10-11,14,19-20H,6-9,12-13,15H2,1-5H3. The van der Waals surface area contributed by atoms with Gasteiger partial charge in [-0.1, -0.05) is 50.5 Å². The van der Waals surface area contributed by atoms with Gasteiger partial charge in [0.2, 0.25) is 0 Å². The smallest absolute Gasteiger partial charge is 0.0449 e. The Kier molecular flexibility index (Phi) is 8.63. The number of hydrogen-bond donors (Lipinski definition) is 1. The molecule has 0 radical (unpaired) electrons. The van der Waals surface area contributed by atoms with E-state index in [0.29, 0.717) is 6.04 Å². The van der Waals surface area contributed by atoms with Gasteiger partial charge in [-0.15, -0.1) is 0 Å². The lowest BCUT2D eigenvalue weighted by molar-refractivity contribution is 0.239. The second kappa shape index (κ2) is 9.97. The Morgan fingerprint density at radius 3 is 2.14 bits per heavy atom. The van der Waals surface area contributed by atoms with Gasteiger partial charge in [-0.05, 0) is 58.0 Å². The minimum atomic E-state index is 0.430. The number of rotatable bonds is 10. The first-order valence-corrected chi connectivity index (χ1v) is 8.59. The molecule has 0 amide bonds. The number of nitrogens with one attached hydrogen (secondary N) is 1. The van der Waals surface area contributed by atoms with Crippen LogP contribution in [0.2, 0.25) is 0 Å². The monoisotopic (exact) mass is 290 g/mol. The summed E-state index contributed by atoms with van der Waals surface area (Å²) in [5.41, 5.74) is 4.20. The van der Waals surface area contributed by atoms with Crippen molar-refractivity contribution in [2.24, 2.45) is 0 Å². The van der Waals surface area contributed by atoms with Crippen LogP contribution < -0.4 is 5.32 Å². The van der Waals surface area contributed by atoms with E-state index in [-0.39, 0.29) is 0 Å². The van der Waals surface area contributed by atoms with Crippen molar-refractivity contribution in [1.82, 2.24) is 10.2 Å². The summed E-state index contributed by atoms with van der Waals surface area (Å²) in [6.07, 6.45) is 5.15. The quantitative estimate of drug-likeness (QED) is 0.684. The Morgan fingerprint density at radius 2 is 1.67 bits per heavy atom. The van der Waals surface area contributed by atoms with Gasteiger partial charge in [0.25, 0.3) is 0 Å². The van der Waals surface area contributed by atoms with Gasteiger partial charge in [-0.25, -0.2) is 0 Å². The fourth-order valence-corrected chi connectivity index (χ4v) is 2.88. The van der Waals surface area contributed by atoms with Crippen LogP contribution in [0.3, 0.4) is 0 Å². The topological polar surface area (TPSA) is 15.3 Å². The molecule has 2 heteroatoms. The lowest BCUT2D eigenvalue weighted by Gasteiger charge is -2.28. The van der Waals surface area contributed by atoms with E-state index in [0.717, 1.165) is 6.54 Å². The normalized spacial score (nSPS) is 12.9. The Labute approximate surface area is 131 Å². The second-order valence-electron chi connectivity index (χ2n) is 6.21. The van der Waals surface area contributed by atoms with Gasteiger partial charge >= 0.3 is 0 Å². The van der Waals surface area contributed by atoms with Crippen LogP contribution in [0.5, 0.6) is 0 Å². The summed E-state index contributed by atoms with van der Waals surface area (Å²) in [6.45, 7) is 12.5. The van der Waals surface area contributed by atoms with Gasteiger partial charge in [-0.2, -0.15) is 0 Å². The first kappa shape index (κ1) is 18.2. The van der Waals surface area contributed by atoms with Crippen molar-refractivity contribution in [2.75, 3.05) is 26.7 Å². The molecule has 0 aliphatic heterocycles. The highest BCUT2D eigenvalue weighted by molar-refractivity contribution is 5.33. The van der Waals surface area contributed by atoms with Gasteiger partial charge in [0.1, 0.15) is 0 Å². The van der Waals surface area contributed by atoms with Crippen molar-refractivity contribution in [3.8, 4) is 0 Å². The van der Waals surface area contributed by atoms with Crippen molar-refractivity contribution in [1.29, 1.82) is 0 Å². The molecule has 0 saturated heterocycles. The first-order valence-electron chi connectivity index (χ1n) is 8.59. The average Bonchev–Trinajstić information content (AvgIpc) is 2.47. The summed E-state index contributed by atoms with van der Waals surface area (Å²) in [4.78, 5) is 2.63. The lowest BCUT2D eigenvalue weighted by atomic mass is 9.98. The zero-order chi connectivity index (χ0) is 15.7. The van der Waals surface area contributed by atoms with E-state index >= 15 is 0 Å². The molecule has 0 aromatic heterocycles. The molecule has 0 fully saturated rings. The maximum absolute atomic E-state index is 3.52. The molecule has 0 aliphatic rings. The van der Waals surface area contributed by atoms with Crippen molar-refractivity contribution in [3.63, 3.8) is 0 Å². The molecule has 0 saturated carbocycles. The lowest BCUT2D eigenvalue weighted by Crippen LogP contribution is -2.35. The van der Waals surface area contributed by atoms with E-state index in [2.05, 4.69) is 63.2 Å². The molecule has 0 heterocycles. The van der Waals surface area contributed by atoms with Crippen LogP contribution in [0.15, 0.2) is 18.2 Å². The Balaban J connectivity index is 2.76. The predicted octanol–water partition coefficient (Wildman–Crippen LogP) is 4.47. The van der Waals surface area contributed by atoms with Gasteiger partial charge in [0, 0.05) is 12.6 Å². The molecule has 1 atom stereocenters. The van der Waals surface area contributed by atoms with Crippen molar-refractivity contribution in [2.45, 2.75) is 59.4 Å². The molecular formula is C19H34N2. The molecule has 1 rings (SSSR count). The van der Waals surface area contributed by atoms with Gasteiger partial charge in [0.05, 0.1) is 0 Å². The highest BCUT2D eigenvalue weighted by atomic mass is 15.1. The zero-order valence-electron chi connectivity index (χ0n) is 14.7. The van der Waals surface area contributed by atoms with E-state index in [1.54, 1.807) is 0 Å². The Morgan fingerprint density at radius 1 is 1.05 bits per heavy atom. The van der Waals surface area contributed by atoms with Crippen molar-refractivity contribution >= 4 is 0 Å². The third-order valence-electron chi connectivity index (χ3n) is 4.25. The fraction of sp³-hybridized carbons (Fsp3) is 0.684. The third kappa shape index (κ3) is 6.19. The maximum Gasteiger partial charge on any atom is 0.0449 e. The van der Waals surface area contributed by atoms with Gasteiger partial charge in [0.15, 0.2) is 0 Å². The molecule has 1 N–H and O–H groups in total. The molecule has 1 aromatic carbocycles. The number of nitrogens with zero attached hydrogens (tertiary/aromatic N) is 1. The minimum absolute atomic E-state index is 0.430. The highest BCUT2D eigenvalue weighted by Gasteiger charge is 2.15.